The number of unbranched alkanes of at least 4 members (excludes halogenated alkanes) is 1. The molecular weight excluding hydrogens is 228 g/mol. The number of hydrogen-bond donors (Lipinski definition) is 2. The first-order chi connectivity index (χ1) is 7.55. The van der Waals surface area contributed by atoms with E-state index in [9.17, 15) is 8.42 Å². The highest BCUT2D eigenvalue weighted by Crippen LogP contribution is 2.13. The predicted molar refractivity (Wildman–Crippen MR) is 62.3 cm³/mol. The van der Waals surface area contributed by atoms with Crippen molar-refractivity contribution in [3.8, 4) is 0 Å². The van der Waals surface area contributed by atoms with Gasteiger partial charge < -0.3 is 10.2 Å². The van der Waals surface area contributed by atoms with E-state index in [-0.39, 0.29) is 11.8 Å². The van der Waals surface area contributed by atoms with E-state index in [2.05, 4.69) is 4.72 Å². The van der Waals surface area contributed by atoms with Crippen molar-refractivity contribution < 1.29 is 12.8 Å². The van der Waals surface area contributed by atoms with Gasteiger partial charge in [-0.2, -0.15) is 0 Å². The van der Waals surface area contributed by atoms with Crippen LogP contribution in [0.5, 0.6) is 0 Å². The van der Waals surface area contributed by atoms with Crippen molar-refractivity contribution in [3.63, 3.8) is 0 Å². The molecule has 0 bridgehead atoms. The molecule has 1 aromatic rings. The first kappa shape index (κ1) is 13.2. The Morgan fingerprint density at radius 3 is 2.81 bits per heavy atom. The minimum atomic E-state index is -3.24. The van der Waals surface area contributed by atoms with Gasteiger partial charge in [-0.3, -0.25) is 0 Å². The molecule has 1 heterocycles. The second-order valence-corrected chi connectivity index (χ2v) is 5.54. The maximum atomic E-state index is 11.6. The predicted octanol–water partition coefficient (Wildman–Crippen LogP) is 0.999. The molecule has 0 spiro atoms. The van der Waals surface area contributed by atoms with E-state index < -0.39 is 10.0 Å². The van der Waals surface area contributed by atoms with E-state index >= 15 is 0 Å². The molecular formula is C10H18N2O3S. The molecule has 0 aliphatic heterocycles. The molecule has 0 saturated heterocycles. The highest BCUT2D eigenvalue weighted by atomic mass is 32.2. The normalized spacial score (nSPS) is 13.9. The Kier molecular flexibility index (Phi) is 4.98. The van der Waals surface area contributed by atoms with E-state index in [1.807, 2.05) is 0 Å². The largest absolute Gasteiger partial charge is 0.468 e. The molecule has 1 rings (SSSR count). The zero-order valence-corrected chi connectivity index (χ0v) is 10.2. The first-order valence-electron chi connectivity index (χ1n) is 5.28. The second kappa shape index (κ2) is 6.03. The monoisotopic (exact) mass is 246 g/mol. The van der Waals surface area contributed by atoms with Crippen LogP contribution in [0.15, 0.2) is 22.8 Å². The van der Waals surface area contributed by atoms with Gasteiger partial charge in [0.25, 0.3) is 0 Å². The van der Waals surface area contributed by atoms with Gasteiger partial charge in [0.15, 0.2) is 0 Å². The number of rotatable bonds is 7. The molecule has 1 atom stereocenters. The molecule has 0 aliphatic carbocycles. The van der Waals surface area contributed by atoms with Crippen LogP contribution >= 0.6 is 0 Å². The molecule has 0 aromatic carbocycles. The molecule has 0 saturated carbocycles. The molecule has 6 heteroatoms. The van der Waals surface area contributed by atoms with E-state index in [4.69, 9.17) is 10.2 Å². The Morgan fingerprint density at radius 2 is 2.25 bits per heavy atom. The average molecular weight is 246 g/mol. The molecule has 0 amide bonds. The summed E-state index contributed by atoms with van der Waals surface area (Å²) in [6.07, 6.45) is 2.82. The van der Waals surface area contributed by atoms with Gasteiger partial charge in [0.05, 0.1) is 18.1 Å². The summed E-state index contributed by atoms with van der Waals surface area (Å²) in [6, 6.07) is 3.14. The van der Waals surface area contributed by atoms with Crippen LogP contribution in [0.3, 0.4) is 0 Å². The van der Waals surface area contributed by atoms with E-state index in [0.717, 1.165) is 6.42 Å². The van der Waals surface area contributed by atoms with Gasteiger partial charge in [-0.25, -0.2) is 13.1 Å². The van der Waals surface area contributed by atoms with Crippen molar-refractivity contribution in [2.75, 3.05) is 12.3 Å². The molecule has 3 N–H and O–H groups in total. The third-order valence-electron chi connectivity index (χ3n) is 2.19. The van der Waals surface area contributed by atoms with Crippen LogP contribution < -0.4 is 10.5 Å². The van der Waals surface area contributed by atoms with Crippen molar-refractivity contribution in [1.29, 1.82) is 0 Å². The highest BCUT2D eigenvalue weighted by molar-refractivity contribution is 7.89. The molecule has 0 aliphatic rings. The number of nitrogens with one attached hydrogen (secondary N) is 1. The number of nitrogens with two attached hydrogens (primary N) is 1. The van der Waals surface area contributed by atoms with Gasteiger partial charge in [-0.05, 0) is 38.4 Å². The Bertz CT molecular complexity index is 386. The van der Waals surface area contributed by atoms with Gasteiger partial charge in [0.2, 0.25) is 10.0 Å². The number of furan rings is 1. The van der Waals surface area contributed by atoms with Gasteiger partial charge in [0, 0.05) is 0 Å². The summed E-state index contributed by atoms with van der Waals surface area (Å²) in [7, 11) is -3.24. The van der Waals surface area contributed by atoms with Crippen molar-refractivity contribution in [2.45, 2.75) is 25.8 Å². The lowest BCUT2D eigenvalue weighted by molar-refractivity contribution is 0.459. The SMILES string of the molecule is CC(NS(=O)(=O)CCCCN)c1ccco1. The van der Waals surface area contributed by atoms with Crippen LogP contribution in [0, 0.1) is 0 Å². The number of sulfonamides is 1. The molecule has 0 radical (unpaired) electrons. The molecule has 5 nitrogen and oxygen atoms in total. The van der Waals surface area contributed by atoms with Crippen LogP contribution in [0.2, 0.25) is 0 Å². The summed E-state index contributed by atoms with van der Waals surface area (Å²) in [6.45, 7) is 2.27. The van der Waals surface area contributed by atoms with Crippen LogP contribution in [0.4, 0.5) is 0 Å². The third kappa shape index (κ3) is 4.34. The summed E-state index contributed by atoms with van der Waals surface area (Å²) in [5.74, 6) is 0.720. The topological polar surface area (TPSA) is 85.3 Å². The van der Waals surface area contributed by atoms with E-state index in [1.54, 1.807) is 19.1 Å². The van der Waals surface area contributed by atoms with Crippen molar-refractivity contribution >= 4 is 10.0 Å². The van der Waals surface area contributed by atoms with Crippen molar-refractivity contribution in [1.82, 2.24) is 4.72 Å². The maximum Gasteiger partial charge on any atom is 0.212 e. The fourth-order valence-electron chi connectivity index (χ4n) is 1.36. The lowest BCUT2D eigenvalue weighted by atomic mass is 10.3. The van der Waals surface area contributed by atoms with Crippen LogP contribution in [0.25, 0.3) is 0 Å². The first-order valence-corrected chi connectivity index (χ1v) is 6.94. The lowest BCUT2D eigenvalue weighted by Gasteiger charge is -2.11. The van der Waals surface area contributed by atoms with Crippen LogP contribution in [-0.4, -0.2) is 20.7 Å². The maximum absolute atomic E-state index is 11.6. The summed E-state index contributed by atoms with van der Waals surface area (Å²) >= 11 is 0. The smallest absolute Gasteiger partial charge is 0.212 e. The van der Waals surface area contributed by atoms with Gasteiger partial charge >= 0.3 is 0 Å². The van der Waals surface area contributed by atoms with Gasteiger partial charge in [0.1, 0.15) is 5.76 Å². The fraction of sp³-hybridized carbons (Fsp3) is 0.600. The van der Waals surface area contributed by atoms with E-state index in [1.165, 1.54) is 6.26 Å². The Labute approximate surface area is 96.1 Å². The standard InChI is InChI=1S/C10H18N2O3S/c1-9(10-5-4-7-15-10)12-16(13,14)8-3-2-6-11/h4-5,7,9,12H,2-3,6,8,11H2,1H3. The Balaban J connectivity index is 2.46. The lowest BCUT2D eigenvalue weighted by Crippen LogP contribution is -2.29. The quantitative estimate of drug-likeness (QED) is 0.703. The molecule has 16 heavy (non-hydrogen) atoms. The number of hydrogen-bond acceptors (Lipinski definition) is 4. The molecule has 0 fully saturated rings. The van der Waals surface area contributed by atoms with Gasteiger partial charge in [-0.15, -0.1) is 0 Å². The molecule has 92 valence electrons. The highest BCUT2D eigenvalue weighted by Gasteiger charge is 2.16. The summed E-state index contributed by atoms with van der Waals surface area (Å²) in [5.41, 5.74) is 5.31. The molecule has 1 unspecified atom stereocenters. The zero-order valence-electron chi connectivity index (χ0n) is 9.35. The second-order valence-electron chi connectivity index (χ2n) is 3.67. The Morgan fingerprint density at radius 1 is 1.50 bits per heavy atom. The third-order valence-corrected chi connectivity index (χ3v) is 3.73. The summed E-state index contributed by atoms with van der Waals surface area (Å²) < 4.78 is 30.9. The van der Waals surface area contributed by atoms with Crippen molar-refractivity contribution in [2.24, 2.45) is 5.73 Å². The van der Waals surface area contributed by atoms with E-state index in [0.29, 0.717) is 18.7 Å². The Hall–Kier alpha value is -0.850. The molecule has 1 aromatic heterocycles. The van der Waals surface area contributed by atoms with Crippen LogP contribution in [-0.2, 0) is 10.0 Å². The van der Waals surface area contributed by atoms with Gasteiger partial charge in [-0.1, -0.05) is 0 Å². The van der Waals surface area contributed by atoms with Crippen LogP contribution in [0.1, 0.15) is 31.6 Å². The summed E-state index contributed by atoms with van der Waals surface area (Å²) in [5, 5.41) is 0. The minimum absolute atomic E-state index is 0.106. The van der Waals surface area contributed by atoms with Crippen molar-refractivity contribution in [3.05, 3.63) is 24.2 Å². The zero-order chi connectivity index (χ0) is 12.0. The summed E-state index contributed by atoms with van der Waals surface area (Å²) in [4.78, 5) is 0. The minimum Gasteiger partial charge on any atom is -0.468 e. The fourth-order valence-corrected chi connectivity index (χ4v) is 2.72. The average Bonchev–Trinajstić information content (AvgIpc) is 2.69.